The monoisotopic (exact) mass is 241 g/mol. The molecule has 16 heavy (non-hydrogen) atoms. The Morgan fingerprint density at radius 2 is 2.12 bits per heavy atom. The highest BCUT2D eigenvalue weighted by atomic mass is 32.2. The number of hydrogen-bond donors (Lipinski definition) is 1. The summed E-state index contributed by atoms with van der Waals surface area (Å²) in [6.45, 7) is 9.71. The molecule has 0 radical (unpaired) electrons. The van der Waals surface area contributed by atoms with Crippen LogP contribution in [0, 0.1) is 12.8 Å². The van der Waals surface area contributed by atoms with Crippen LogP contribution in [-0.4, -0.2) is 27.6 Å². The van der Waals surface area contributed by atoms with Crippen LogP contribution in [0.3, 0.4) is 0 Å². The molecule has 4 heteroatoms. The van der Waals surface area contributed by atoms with Crippen molar-refractivity contribution in [2.24, 2.45) is 5.92 Å². The highest BCUT2D eigenvalue weighted by Crippen LogP contribution is 2.13. The lowest BCUT2D eigenvalue weighted by molar-refractivity contribution is 0.525. The maximum Gasteiger partial charge on any atom is 0.203 e. The highest BCUT2D eigenvalue weighted by Gasteiger charge is 2.09. The fraction of sp³-hybridized carbons (Fsp3) is 0.750. The average molecular weight is 241 g/mol. The van der Waals surface area contributed by atoms with E-state index in [2.05, 4.69) is 48.1 Å². The van der Waals surface area contributed by atoms with Gasteiger partial charge in [-0.1, -0.05) is 13.8 Å². The van der Waals surface area contributed by atoms with Gasteiger partial charge in [-0.3, -0.25) is 0 Å². The van der Waals surface area contributed by atoms with E-state index in [1.54, 1.807) is 0 Å². The molecule has 0 aliphatic rings. The normalized spacial score (nSPS) is 13.1. The summed E-state index contributed by atoms with van der Waals surface area (Å²) in [4.78, 5) is 4.53. The van der Waals surface area contributed by atoms with Gasteiger partial charge in [0.2, 0.25) is 5.95 Å². The second kappa shape index (κ2) is 6.18. The van der Waals surface area contributed by atoms with Crippen molar-refractivity contribution in [3.63, 3.8) is 0 Å². The molecule has 1 rings (SSSR count). The summed E-state index contributed by atoms with van der Waals surface area (Å²) in [6.07, 6.45) is 4.25. The average Bonchev–Trinajstić information content (AvgIpc) is 2.45. The molecule has 0 bridgehead atoms. The van der Waals surface area contributed by atoms with Crippen LogP contribution in [0.25, 0.3) is 0 Å². The molecule has 92 valence electrons. The molecular weight excluding hydrogens is 218 g/mol. The first-order valence-corrected chi connectivity index (χ1v) is 7.21. The van der Waals surface area contributed by atoms with Gasteiger partial charge in [0.25, 0.3) is 0 Å². The van der Waals surface area contributed by atoms with E-state index < -0.39 is 0 Å². The van der Waals surface area contributed by atoms with Crippen LogP contribution in [0.2, 0.25) is 0 Å². The number of nitrogens with one attached hydrogen (secondary N) is 1. The Labute approximate surface area is 103 Å². The van der Waals surface area contributed by atoms with E-state index in [-0.39, 0.29) is 0 Å². The minimum Gasteiger partial charge on any atom is -0.352 e. The molecule has 1 heterocycles. The largest absolute Gasteiger partial charge is 0.352 e. The van der Waals surface area contributed by atoms with Gasteiger partial charge in [0.05, 0.1) is 5.69 Å². The van der Waals surface area contributed by atoms with Crippen molar-refractivity contribution in [3.8, 4) is 0 Å². The summed E-state index contributed by atoms with van der Waals surface area (Å²) >= 11 is 1.86. The molecule has 1 N–H and O–H groups in total. The first kappa shape index (κ1) is 13.4. The van der Waals surface area contributed by atoms with Crippen molar-refractivity contribution in [1.29, 1.82) is 0 Å². The Hall–Kier alpha value is -0.640. The Bertz CT molecular complexity index is 320. The Kier molecular flexibility index (Phi) is 5.19. The number of thioether (sulfide) groups is 1. The molecule has 1 aromatic heterocycles. The third kappa shape index (κ3) is 4.08. The summed E-state index contributed by atoms with van der Waals surface area (Å²) in [5.74, 6) is 2.76. The van der Waals surface area contributed by atoms with E-state index in [0.29, 0.717) is 12.0 Å². The van der Waals surface area contributed by atoms with Crippen molar-refractivity contribution >= 4 is 17.7 Å². The number of imidazole rings is 1. The van der Waals surface area contributed by atoms with Crippen LogP contribution in [0.5, 0.6) is 0 Å². The van der Waals surface area contributed by atoms with E-state index in [1.807, 2.05) is 18.7 Å². The van der Waals surface area contributed by atoms with Crippen molar-refractivity contribution in [2.75, 3.05) is 17.3 Å². The second-order valence-corrected chi connectivity index (χ2v) is 5.66. The third-order valence-electron chi connectivity index (χ3n) is 2.25. The van der Waals surface area contributed by atoms with Crippen LogP contribution in [0.1, 0.15) is 26.5 Å². The first-order chi connectivity index (χ1) is 7.52. The number of nitrogens with zero attached hydrogens (tertiary/aromatic N) is 2. The lowest BCUT2D eigenvalue weighted by Crippen LogP contribution is -2.21. The van der Waals surface area contributed by atoms with Crippen LogP contribution >= 0.6 is 11.8 Å². The van der Waals surface area contributed by atoms with E-state index >= 15 is 0 Å². The zero-order chi connectivity index (χ0) is 12.1. The number of hydrogen-bond acceptors (Lipinski definition) is 3. The van der Waals surface area contributed by atoms with Crippen LogP contribution < -0.4 is 5.32 Å². The second-order valence-electron chi connectivity index (χ2n) is 4.75. The lowest BCUT2D eigenvalue weighted by Gasteiger charge is -2.16. The standard InChI is InChI=1S/C12H23N3S/c1-9(2)6-15-7-10(3)13-12(15)14-11(4)8-16-5/h7,9,11H,6,8H2,1-5H3,(H,13,14). The lowest BCUT2D eigenvalue weighted by atomic mass is 10.2. The SMILES string of the molecule is CSCC(C)Nc1nc(C)cn1CC(C)C. The molecule has 1 atom stereocenters. The van der Waals surface area contributed by atoms with Gasteiger partial charge in [-0.05, 0) is 26.0 Å². The minimum absolute atomic E-state index is 0.461. The third-order valence-corrected chi connectivity index (χ3v) is 3.08. The van der Waals surface area contributed by atoms with Crippen molar-refractivity contribution in [1.82, 2.24) is 9.55 Å². The molecule has 0 aliphatic carbocycles. The number of rotatable bonds is 6. The summed E-state index contributed by atoms with van der Waals surface area (Å²) in [5, 5.41) is 3.47. The van der Waals surface area contributed by atoms with E-state index in [0.717, 1.165) is 23.9 Å². The van der Waals surface area contributed by atoms with Gasteiger partial charge in [-0.2, -0.15) is 11.8 Å². The maximum atomic E-state index is 4.53. The zero-order valence-corrected chi connectivity index (χ0v) is 11.8. The zero-order valence-electron chi connectivity index (χ0n) is 10.9. The van der Waals surface area contributed by atoms with Gasteiger partial charge in [0.15, 0.2) is 0 Å². The molecule has 0 spiro atoms. The molecule has 0 aromatic carbocycles. The molecule has 0 fully saturated rings. The molecular formula is C12H23N3S. The minimum atomic E-state index is 0.461. The fourth-order valence-corrected chi connectivity index (χ4v) is 2.29. The summed E-state index contributed by atoms with van der Waals surface area (Å²) < 4.78 is 2.22. The highest BCUT2D eigenvalue weighted by molar-refractivity contribution is 7.98. The first-order valence-electron chi connectivity index (χ1n) is 5.82. The topological polar surface area (TPSA) is 29.9 Å². The van der Waals surface area contributed by atoms with Gasteiger partial charge in [-0.25, -0.2) is 4.98 Å². The number of aryl methyl sites for hydroxylation is 1. The van der Waals surface area contributed by atoms with Gasteiger partial charge in [0, 0.05) is 24.5 Å². The summed E-state index contributed by atoms with van der Waals surface area (Å²) in [5.41, 5.74) is 1.08. The molecule has 0 saturated heterocycles. The molecule has 3 nitrogen and oxygen atoms in total. The van der Waals surface area contributed by atoms with Gasteiger partial charge in [-0.15, -0.1) is 0 Å². The fourth-order valence-electron chi connectivity index (χ4n) is 1.71. The van der Waals surface area contributed by atoms with Gasteiger partial charge in [0.1, 0.15) is 0 Å². The van der Waals surface area contributed by atoms with Gasteiger partial charge >= 0.3 is 0 Å². The predicted molar refractivity (Wildman–Crippen MR) is 73.3 cm³/mol. The molecule has 0 saturated carbocycles. The van der Waals surface area contributed by atoms with E-state index in [4.69, 9.17) is 0 Å². The van der Waals surface area contributed by atoms with Crippen molar-refractivity contribution in [3.05, 3.63) is 11.9 Å². The molecule has 0 aliphatic heterocycles. The molecule has 1 unspecified atom stereocenters. The Morgan fingerprint density at radius 1 is 1.44 bits per heavy atom. The summed E-state index contributed by atoms with van der Waals surface area (Å²) in [7, 11) is 0. The summed E-state index contributed by atoms with van der Waals surface area (Å²) in [6, 6.07) is 0.461. The van der Waals surface area contributed by atoms with Crippen molar-refractivity contribution < 1.29 is 0 Å². The number of anilines is 1. The molecule has 1 aromatic rings. The van der Waals surface area contributed by atoms with Gasteiger partial charge < -0.3 is 9.88 Å². The predicted octanol–water partition coefficient (Wildman–Crippen LogP) is 3.01. The Morgan fingerprint density at radius 3 is 2.69 bits per heavy atom. The van der Waals surface area contributed by atoms with Crippen LogP contribution in [-0.2, 0) is 6.54 Å². The van der Waals surface area contributed by atoms with Crippen LogP contribution in [0.15, 0.2) is 6.20 Å². The maximum absolute atomic E-state index is 4.53. The number of aromatic nitrogens is 2. The quantitative estimate of drug-likeness (QED) is 0.830. The van der Waals surface area contributed by atoms with Crippen LogP contribution in [0.4, 0.5) is 5.95 Å². The van der Waals surface area contributed by atoms with Crippen molar-refractivity contribution in [2.45, 2.75) is 40.3 Å². The van der Waals surface area contributed by atoms with E-state index in [9.17, 15) is 0 Å². The smallest absolute Gasteiger partial charge is 0.203 e. The van der Waals surface area contributed by atoms with E-state index in [1.165, 1.54) is 0 Å². The molecule has 0 amide bonds. The Balaban J connectivity index is 2.70.